The van der Waals surface area contributed by atoms with E-state index in [1.807, 2.05) is 31.2 Å². The molecule has 0 heterocycles. The van der Waals surface area contributed by atoms with Gasteiger partial charge in [0.05, 0.1) is 6.61 Å². The van der Waals surface area contributed by atoms with Gasteiger partial charge in [-0.3, -0.25) is 4.79 Å². The summed E-state index contributed by atoms with van der Waals surface area (Å²) in [5.41, 5.74) is 7.47. The fourth-order valence-electron chi connectivity index (χ4n) is 1.41. The highest BCUT2D eigenvalue weighted by Gasteiger charge is 2.03. The third-order valence-corrected chi connectivity index (χ3v) is 2.52. The van der Waals surface area contributed by atoms with Gasteiger partial charge in [0.1, 0.15) is 0 Å². The molecule has 0 aliphatic heterocycles. The van der Waals surface area contributed by atoms with Crippen molar-refractivity contribution >= 4 is 5.91 Å². The number of carbonyl (C=O) groups is 1. The van der Waals surface area contributed by atoms with Crippen molar-refractivity contribution in [2.24, 2.45) is 5.73 Å². The highest BCUT2D eigenvalue weighted by atomic mass is 16.3. The maximum Gasteiger partial charge on any atom is 0.220 e. The lowest BCUT2D eigenvalue weighted by molar-refractivity contribution is -0.121. The summed E-state index contributed by atoms with van der Waals surface area (Å²) in [6.07, 6.45) is 1.17. The van der Waals surface area contributed by atoms with Gasteiger partial charge in [0.15, 0.2) is 0 Å². The van der Waals surface area contributed by atoms with E-state index >= 15 is 0 Å². The normalized spacial score (nSPS) is 12.2. The number of aliphatic hydroxyl groups is 1. The molecule has 0 aromatic heterocycles. The van der Waals surface area contributed by atoms with Crippen molar-refractivity contribution in [3.05, 3.63) is 35.4 Å². The SMILES string of the molecule is CC(N)CCC(=O)NCc1ccc(CO)cc1. The molecule has 0 aliphatic carbocycles. The largest absolute Gasteiger partial charge is 0.392 e. The third-order valence-electron chi connectivity index (χ3n) is 2.52. The zero-order valence-corrected chi connectivity index (χ0v) is 10.1. The molecule has 4 nitrogen and oxygen atoms in total. The van der Waals surface area contributed by atoms with Gasteiger partial charge in [-0.25, -0.2) is 0 Å². The van der Waals surface area contributed by atoms with Gasteiger partial charge in [0.25, 0.3) is 0 Å². The lowest BCUT2D eigenvalue weighted by Crippen LogP contribution is -2.25. The van der Waals surface area contributed by atoms with E-state index in [9.17, 15) is 4.79 Å². The van der Waals surface area contributed by atoms with Gasteiger partial charge in [-0.2, -0.15) is 0 Å². The minimum atomic E-state index is 0.0218. The summed E-state index contributed by atoms with van der Waals surface area (Å²) in [5.74, 6) is 0.0218. The first-order valence-electron chi connectivity index (χ1n) is 5.82. The van der Waals surface area contributed by atoms with Gasteiger partial charge >= 0.3 is 0 Å². The van der Waals surface area contributed by atoms with E-state index in [1.54, 1.807) is 0 Å². The van der Waals surface area contributed by atoms with E-state index in [0.717, 1.165) is 11.1 Å². The Morgan fingerprint density at radius 3 is 2.47 bits per heavy atom. The number of aliphatic hydroxyl groups excluding tert-OH is 1. The lowest BCUT2D eigenvalue weighted by atomic mass is 10.1. The van der Waals surface area contributed by atoms with Crippen LogP contribution in [0, 0.1) is 0 Å². The Kier molecular flexibility index (Phi) is 5.66. The maximum absolute atomic E-state index is 11.4. The first-order valence-corrected chi connectivity index (χ1v) is 5.82. The van der Waals surface area contributed by atoms with Crippen LogP contribution in [-0.4, -0.2) is 17.1 Å². The standard InChI is InChI=1S/C13H20N2O2/c1-10(14)2-7-13(17)15-8-11-3-5-12(9-16)6-4-11/h3-6,10,16H,2,7-9,14H2,1H3,(H,15,17). The molecule has 0 fully saturated rings. The van der Waals surface area contributed by atoms with Gasteiger partial charge in [-0.15, -0.1) is 0 Å². The van der Waals surface area contributed by atoms with Crippen molar-refractivity contribution in [2.45, 2.75) is 39.0 Å². The summed E-state index contributed by atoms with van der Waals surface area (Å²) in [5, 5.41) is 11.7. The molecule has 0 spiro atoms. The van der Waals surface area contributed by atoms with Crippen molar-refractivity contribution < 1.29 is 9.90 Å². The second-order valence-electron chi connectivity index (χ2n) is 4.27. The number of hydrogen-bond acceptors (Lipinski definition) is 3. The van der Waals surface area contributed by atoms with Crippen LogP contribution in [0.1, 0.15) is 30.9 Å². The molecule has 1 unspecified atom stereocenters. The molecule has 0 saturated heterocycles. The summed E-state index contributed by atoms with van der Waals surface area (Å²) in [7, 11) is 0. The van der Waals surface area contributed by atoms with Gasteiger partial charge in [-0.1, -0.05) is 24.3 Å². The smallest absolute Gasteiger partial charge is 0.220 e. The van der Waals surface area contributed by atoms with Crippen LogP contribution < -0.4 is 11.1 Å². The van der Waals surface area contributed by atoms with Crippen LogP contribution in [0.4, 0.5) is 0 Å². The zero-order valence-electron chi connectivity index (χ0n) is 10.1. The van der Waals surface area contributed by atoms with Crippen LogP contribution in [-0.2, 0) is 17.9 Å². The maximum atomic E-state index is 11.4. The van der Waals surface area contributed by atoms with Gasteiger partial charge in [-0.05, 0) is 24.5 Å². The van der Waals surface area contributed by atoms with Crippen molar-refractivity contribution in [3.63, 3.8) is 0 Å². The summed E-state index contributed by atoms with van der Waals surface area (Å²) in [4.78, 5) is 11.4. The Morgan fingerprint density at radius 2 is 1.94 bits per heavy atom. The summed E-state index contributed by atoms with van der Waals surface area (Å²) in [6.45, 7) is 2.45. The van der Waals surface area contributed by atoms with Crippen molar-refractivity contribution in [2.75, 3.05) is 0 Å². The van der Waals surface area contributed by atoms with E-state index in [-0.39, 0.29) is 18.6 Å². The van der Waals surface area contributed by atoms with Gasteiger partial charge < -0.3 is 16.2 Å². The Morgan fingerprint density at radius 1 is 1.35 bits per heavy atom. The van der Waals surface area contributed by atoms with Crippen LogP contribution >= 0.6 is 0 Å². The van der Waals surface area contributed by atoms with Crippen LogP contribution in [0.15, 0.2) is 24.3 Å². The van der Waals surface area contributed by atoms with Crippen LogP contribution in [0.25, 0.3) is 0 Å². The number of amides is 1. The first-order chi connectivity index (χ1) is 8.11. The Bertz CT molecular complexity index is 347. The average Bonchev–Trinajstić information content (AvgIpc) is 2.34. The predicted octanol–water partition coefficient (Wildman–Crippen LogP) is 0.922. The van der Waals surface area contributed by atoms with Crippen molar-refractivity contribution in [1.29, 1.82) is 0 Å². The van der Waals surface area contributed by atoms with Crippen molar-refractivity contribution in [3.8, 4) is 0 Å². The molecule has 0 radical (unpaired) electrons. The number of benzene rings is 1. The molecule has 4 N–H and O–H groups in total. The summed E-state index contributed by atoms with van der Waals surface area (Å²) >= 11 is 0. The zero-order chi connectivity index (χ0) is 12.7. The number of nitrogens with two attached hydrogens (primary N) is 1. The number of carbonyl (C=O) groups excluding carboxylic acids is 1. The van der Waals surface area contributed by atoms with E-state index in [0.29, 0.717) is 19.4 Å². The van der Waals surface area contributed by atoms with E-state index in [2.05, 4.69) is 5.32 Å². The van der Waals surface area contributed by atoms with E-state index < -0.39 is 0 Å². The molecule has 1 aromatic carbocycles. The second-order valence-corrected chi connectivity index (χ2v) is 4.27. The molecule has 0 aliphatic rings. The number of hydrogen-bond donors (Lipinski definition) is 3. The van der Waals surface area contributed by atoms with Crippen LogP contribution in [0.3, 0.4) is 0 Å². The first kappa shape index (κ1) is 13.7. The molecule has 1 aromatic rings. The van der Waals surface area contributed by atoms with Gasteiger partial charge in [0, 0.05) is 19.0 Å². The van der Waals surface area contributed by atoms with Crippen molar-refractivity contribution in [1.82, 2.24) is 5.32 Å². The van der Waals surface area contributed by atoms with Crippen LogP contribution in [0.5, 0.6) is 0 Å². The monoisotopic (exact) mass is 236 g/mol. The topological polar surface area (TPSA) is 75.4 Å². The molecule has 1 amide bonds. The van der Waals surface area contributed by atoms with E-state index in [1.165, 1.54) is 0 Å². The number of rotatable bonds is 6. The number of nitrogens with one attached hydrogen (secondary N) is 1. The fourth-order valence-corrected chi connectivity index (χ4v) is 1.41. The molecular formula is C13H20N2O2. The molecule has 0 bridgehead atoms. The highest BCUT2D eigenvalue weighted by Crippen LogP contribution is 2.04. The molecule has 0 saturated carbocycles. The average molecular weight is 236 g/mol. The molecule has 1 rings (SSSR count). The predicted molar refractivity (Wildman–Crippen MR) is 67.1 cm³/mol. The molecule has 4 heteroatoms. The Labute approximate surface area is 102 Å². The molecular weight excluding hydrogens is 216 g/mol. The lowest BCUT2D eigenvalue weighted by Gasteiger charge is -2.07. The third kappa shape index (κ3) is 5.47. The Balaban J connectivity index is 2.31. The minimum absolute atomic E-state index is 0.0218. The fraction of sp³-hybridized carbons (Fsp3) is 0.462. The molecule has 1 atom stereocenters. The van der Waals surface area contributed by atoms with Gasteiger partial charge in [0.2, 0.25) is 5.91 Å². The summed E-state index contributed by atoms with van der Waals surface area (Å²) in [6, 6.07) is 7.56. The highest BCUT2D eigenvalue weighted by molar-refractivity contribution is 5.75. The van der Waals surface area contributed by atoms with E-state index in [4.69, 9.17) is 10.8 Å². The molecule has 17 heavy (non-hydrogen) atoms. The van der Waals surface area contributed by atoms with Crippen LogP contribution in [0.2, 0.25) is 0 Å². The second kappa shape index (κ2) is 7.04. The molecule has 94 valence electrons. The quantitative estimate of drug-likeness (QED) is 0.687. The Hall–Kier alpha value is -1.39. The minimum Gasteiger partial charge on any atom is -0.392 e. The summed E-state index contributed by atoms with van der Waals surface area (Å²) < 4.78 is 0.